The molecular formula is C15H20FN. The van der Waals surface area contributed by atoms with Crippen molar-refractivity contribution in [2.45, 2.75) is 44.7 Å². The van der Waals surface area contributed by atoms with Crippen molar-refractivity contribution < 1.29 is 4.39 Å². The fourth-order valence-electron chi connectivity index (χ4n) is 2.41. The Bertz CT molecular complexity index is 386. The minimum absolute atomic E-state index is 0.0989. The van der Waals surface area contributed by atoms with Crippen LogP contribution in [-0.2, 0) is 0 Å². The standard InChI is InChI=1S/C15H20FN/c1-2-15(13-10-6-7-11-14(13)16)17-12-8-4-3-5-9-12/h3-4,6-7,10-12,15,17H,2,5,8-9H2,1H3. The zero-order valence-corrected chi connectivity index (χ0v) is 10.3. The highest BCUT2D eigenvalue weighted by molar-refractivity contribution is 5.21. The van der Waals surface area contributed by atoms with E-state index < -0.39 is 0 Å². The summed E-state index contributed by atoms with van der Waals surface area (Å²) in [4.78, 5) is 0. The molecule has 0 saturated carbocycles. The van der Waals surface area contributed by atoms with Crippen molar-refractivity contribution >= 4 is 0 Å². The van der Waals surface area contributed by atoms with Crippen LogP contribution in [0.25, 0.3) is 0 Å². The van der Waals surface area contributed by atoms with Crippen LogP contribution >= 0.6 is 0 Å². The van der Waals surface area contributed by atoms with E-state index in [1.165, 1.54) is 0 Å². The number of rotatable bonds is 4. The molecule has 2 heteroatoms. The molecule has 1 aliphatic rings. The average Bonchev–Trinajstić information content (AvgIpc) is 2.38. The quantitative estimate of drug-likeness (QED) is 0.776. The van der Waals surface area contributed by atoms with Crippen molar-refractivity contribution in [1.29, 1.82) is 0 Å². The van der Waals surface area contributed by atoms with E-state index >= 15 is 0 Å². The molecule has 1 aliphatic carbocycles. The molecule has 2 unspecified atom stereocenters. The van der Waals surface area contributed by atoms with Gasteiger partial charge in [-0.25, -0.2) is 4.39 Å². The molecule has 17 heavy (non-hydrogen) atoms. The van der Waals surface area contributed by atoms with Gasteiger partial charge in [0.1, 0.15) is 5.82 Å². The molecule has 0 amide bonds. The second-order valence-corrected chi connectivity index (χ2v) is 4.63. The highest BCUT2D eigenvalue weighted by Crippen LogP contribution is 2.22. The van der Waals surface area contributed by atoms with Gasteiger partial charge in [-0.3, -0.25) is 0 Å². The number of nitrogens with one attached hydrogen (secondary N) is 1. The Labute approximate surface area is 103 Å². The number of allylic oxidation sites excluding steroid dienone is 1. The second kappa shape index (κ2) is 5.97. The fourth-order valence-corrected chi connectivity index (χ4v) is 2.41. The normalized spacial score (nSPS) is 21.4. The largest absolute Gasteiger partial charge is 0.307 e. The summed E-state index contributed by atoms with van der Waals surface area (Å²) in [5, 5.41) is 3.57. The molecule has 0 spiro atoms. The number of hydrogen-bond donors (Lipinski definition) is 1. The van der Waals surface area contributed by atoms with E-state index in [2.05, 4.69) is 24.4 Å². The van der Waals surface area contributed by atoms with Crippen LogP contribution in [0.4, 0.5) is 4.39 Å². The molecule has 0 fully saturated rings. The summed E-state index contributed by atoms with van der Waals surface area (Å²) in [5.74, 6) is -0.0989. The molecule has 0 radical (unpaired) electrons. The Morgan fingerprint density at radius 3 is 2.82 bits per heavy atom. The summed E-state index contributed by atoms with van der Waals surface area (Å²) >= 11 is 0. The zero-order valence-electron chi connectivity index (χ0n) is 10.3. The molecule has 0 saturated heterocycles. The summed E-state index contributed by atoms with van der Waals surface area (Å²) < 4.78 is 13.7. The van der Waals surface area contributed by atoms with Gasteiger partial charge in [0.2, 0.25) is 0 Å². The van der Waals surface area contributed by atoms with E-state index in [9.17, 15) is 4.39 Å². The van der Waals surface area contributed by atoms with Gasteiger partial charge in [0.25, 0.3) is 0 Å². The van der Waals surface area contributed by atoms with E-state index in [0.717, 1.165) is 31.2 Å². The maximum Gasteiger partial charge on any atom is 0.127 e. The van der Waals surface area contributed by atoms with Crippen molar-refractivity contribution in [3.05, 3.63) is 47.8 Å². The minimum atomic E-state index is -0.0989. The average molecular weight is 233 g/mol. The van der Waals surface area contributed by atoms with Crippen LogP contribution in [0.5, 0.6) is 0 Å². The second-order valence-electron chi connectivity index (χ2n) is 4.63. The fraction of sp³-hybridized carbons (Fsp3) is 0.467. The molecule has 2 atom stereocenters. The molecule has 0 aliphatic heterocycles. The molecule has 0 heterocycles. The summed E-state index contributed by atoms with van der Waals surface area (Å²) in [6.45, 7) is 2.10. The van der Waals surface area contributed by atoms with Gasteiger partial charge in [-0.05, 0) is 31.7 Å². The lowest BCUT2D eigenvalue weighted by molar-refractivity contribution is 0.392. The predicted molar refractivity (Wildman–Crippen MR) is 69.3 cm³/mol. The monoisotopic (exact) mass is 233 g/mol. The minimum Gasteiger partial charge on any atom is -0.307 e. The topological polar surface area (TPSA) is 12.0 Å². The van der Waals surface area contributed by atoms with Crippen LogP contribution in [0.15, 0.2) is 36.4 Å². The Hall–Kier alpha value is -1.15. The lowest BCUT2D eigenvalue weighted by Crippen LogP contribution is -2.33. The SMILES string of the molecule is CCC(NC1CC=CCC1)c1ccccc1F. The molecular weight excluding hydrogens is 213 g/mol. The molecule has 1 nitrogen and oxygen atoms in total. The third kappa shape index (κ3) is 3.16. The van der Waals surface area contributed by atoms with Gasteiger partial charge in [-0.2, -0.15) is 0 Å². The predicted octanol–water partition coefficient (Wildman–Crippen LogP) is 3.98. The Morgan fingerprint density at radius 1 is 1.35 bits per heavy atom. The summed E-state index contributed by atoms with van der Waals surface area (Å²) in [6.07, 6.45) is 8.70. The van der Waals surface area contributed by atoms with E-state index in [-0.39, 0.29) is 11.9 Å². The van der Waals surface area contributed by atoms with Crippen molar-refractivity contribution in [1.82, 2.24) is 5.32 Å². The Morgan fingerprint density at radius 2 is 2.18 bits per heavy atom. The molecule has 0 bridgehead atoms. The van der Waals surface area contributed by atoms with E-state index in [1.54, 1.807) is 12.1 Å². The molecule has 0 aromatic heterocycles. The van der Waals surface area contributed by atoms with Crippen LogP contribution in [0, 0.1) is 5.82 Å². The van der Waals surface area contributed by atoms with Gasteiger partial charge >= 0.3 is 0 Å². The maximum absolute atomic E-state index is 13.7. The van der Waals surface area contributed by atoms with Gasteiger partial charge in [-0.15, -0.1) is 0 Å². The first kappa shape index (κ1) is 12.3. The van der Waals surface area contributed by atoms with E-state index in [1.807, 2.05) is 12.1 Å². The van der Waals surface area contributed by atoms with Crippen molar-refractivity contribution in [3.63, 3.8) is 0 Å². The third-order valence-electron chi connectivity index (χ3n) is 3.39. The summed E-state index contributed by atoms with van der Waals surface area (Å²) in [7, 11) is 0. The summed E-state index contributed by atoms with van der Waals surface area (Å²) in [6, 6.07) is 7.70. The number of benzene rings is 1. The molecule has 92 valence electrons. The van der Waals surface area contributed by atoms with Crippen molar-refractivity contribution in [2.75, 3.05) is 0 Å². The van der Waals surface area contributed by atoms with Gasteiger partial charge in [0.05, 0.1) is 0 Å². The lowest BCUT2D eigenvalue weighted by Gasteiger charge is -2.26. The van der Waals surface area contributed by atoms with Gasteiger partial charge in [0.15, 0.2) is 0 Å². The molecule has 2 rings (SSSR count). The van der Waals surface area contributed by atoms with Crippen LogP contribution in [0.1, 0.15) is 44.2 Å². The highest BCUT2D eigenvalue weighted by atomic mass is 19.1. The smallest absolute Gasteiger partial charge is 0.127 e. The van der Waals surface area contributed by atoms with Gasteiger partial charge < -0.3 is 5.32 Å². The first-order valence-corrected chi connectivity index (χ1v) is 6.46. The zero-order chi connectivity index (χ0) is 12.1. The third-order valence-corrected chi connectivity index (χ3v) is 3.39. The molecule has 1 N–H and O–H groups in total. The van der Waals surface area contributed by atoms with Crippen molar-refractivity contribution in [3.8, 4) is 0 Å². The van der Waals surface area contributed by atoms with Crippen LogP contribution < -0.4 is 5.32 Å². The van der Waals surface area contributed by atoms with Crippen LogP contribution in [0.2, 0.25) is 0 Å². The van der Waals surface area contributed by atoms with Crippen molar-refractivity contribution in [2.24, 2.45) is 0 Å². The van der Waals surface area contributed by atoms with Crippen LogP contribution in [-0.4, -0.2) is 6.04 Å². The Balaban J connectivity index is 2.06. The van der Waals surface area contributed by atoms with Crippen LogP contribution in [0.3, 0.4) is 0 Å². The Kier molecular flexibility index (Phi) is 4.32. The first-order valence-electron chi connectivity index (χ1n) is 6.46. The van der Waals surface area contributed by atoms with E-state index in [4.69, 9.17) is 0 Å². The molecule has 1 aromatic carbocycles. The highest BCUT2D eigenvalue weighted by Gasteiger charge is 2.18. The van der Waals surface area contributed by atoms with Gasteiger partial charge in [0, 0.05) is 17.6 Å². The first-order chi connectivity index (χ1) is 8.31. The van der Waals surface area contributed by atoms with Gasteiger partial charge in [-0.1, -0.05) is 37.3 Å². The maximum atomic E-state index is 13.7. The number of hydrogen-bond acceptors (Lipinski definition) is 1. The summed E-state index contributed by atoms with van der Waals surface area (Å²) in [5.41, 5.74) is 0.796. The molecule has 1 aromatic rings. The lowest BCUT2D eigenvalue weighted by atomic mass is 9.97. The number of halogens is 1. The van der Waals surface area contributed by atoms with E-state index in [0.29, 0.717) is 6.04 Å².